The minimum Gasteiger partial charge on any atom is -0.508 e. The minimum absolute atomic E-state index is 0.101. The zero-order valence-electron chi connectivity index (χ0n) is 11.9. The number of aromatic nitrogens is 1. The molecule has 1 unspecified atom stereocenters. The van der Waals surface area contributed by atoms with E-state index in [0.29, 0.717) is 5.02 Å². The van der Waals surface area contributed by atoms with Gasteiger partial charge >= 0.3 is 0 Å². The number of pyridine rings is 1. The van der Waals surface area contributed by atoms with Gasteiger partial charge in [0.25, 0.3) is 0 Å². The van der Waals surface area contributed by atoms with Gasteiger partial charge in [-0.2, -0.15) is 10.2 Å². The quantitative estimate of drug-likeness (QED) is 0.655. The molecule has 0 saturated heterocycles. The van der Waals surface area contributed by atoms with Crippen LogP contribution in [0.15, 0.2) is 65.0 Å². The average molecular weight is 312 g/mol. The van der Waals surface area contributed by atoms with Gasteiger partial charge in [-0.15, -0.1) is 0 Å². The second-order valence-corrected chi connectivity index (χ2v) is 5.41. The number of phenolic OH excluding ortho intramolecular Hbond substituents is 1. The topological polar surface area (TPSA) is 57.8 Å². The summed E-state index contributed by atoms with van der Waals surface area (Å²) in [5.41, 5.74) is 2.54. The first kappa shape index (κ1) is 14.5. The summed E-state index contributed by atoms with van der Waals surface area (Å²) >= 11 is 5.98. The van der Waals surface area contributed by atoms with Crippen molar-refractivity contribution < 1.29 is 5.11 Å². The van der Waals surface area contributed by atoms with Crippen LogP contribution in [0, 0.1) is 0 Å². The first-order valence-corrected chi connectivity index (χ1v) is 7.25. The predicted molar refractivity (Wildman–Crippen MR) is 87.8 cm³/mol. The van der Waals surface area contributed by atoms with Crippen molar-refractivity contribution in [3.05, 3.63) is 65.3 Å². The van der Waals surface area contributed by atoms with Crippen LogP contribution in [0.3, 0.4) is 0 Å². The normalized spacial score (nSPS) is 12.8. The zero-order chi connectivity index (χ0) is 15.5. The van der Waals surface area contributed by atoms with Crippen LogP contribution in [0.4, 0.5) is 5.69 Å². The molecule has 0 amide bonds. The molecule has 110 valence electrons. The highest BCUT2D eigenvalue weighted by atomic mass is 35.5. The molecule has 0 fully saturated rings. The Bertz CT molecular complexity index is 831. The molecule has 0 radical (unpaired) electrons. The summed E-state index contributed by atoms with van der Waals surface area (Å²) in [6, 6.07) is 14.2. The molecule has 3 aromatic rings. The van der Waals surface area contributed by atoms with Crippen molar-refractivity contribution >= 4 is 28.2 Å². The van der Waals surface area contributed by atoms with Crippen molar-refractivity contribution in [1.82, 2.24) is 4.98 Å². The fourth-order valence-electron chi connectivity index (χ4n) is 2.16. The van der Waals surface area contributed by atoms with E-state index in [1.807, 2.05) is 37.3 Å². The second kappa shape index (κ2) is 6.12. The average Bonchev–Trinajstić information content (AvgIpc) is 2.52. The fourth-order valence-corrected chi connectivity index (χ4v) is 2.33. The van der Waals surface area contributed by atoms with E-state index in [0.717, 1.165) is 22.2 Å². The minimum atomic E-state index is -0.101. The van der Waals surface area contributed by atoms with Gasteiger partial charge in [0.1, 0.15) is 5.75 Å². The highest BCUT2D eigenvalue weighted by Crippen LogP contribution is 2.28. The van der Waals surface area contributed by atoms with E-state index >= 15 is 0 Å². The maximum atomic E-state index is 9.32. The largest absolute Gasteiger partial charge is 0.508 e. The van der Waals surface area contributed by atoms with E-state index < -0.39 is 0 Å². The van der Waals surface area contributed by atoms with Gasteiger partial charge < -0.3 is 5.11 Å². The maximum absolute atomic E-state index is 9.32. The molecule has 2 aromatic carbocycles. The molecule has 0 saturated carbocycles. The van der Waals surface area contributed by atoms with Gasteiger partial charge in [-0.3, -0.25) is 4.98 Å². The third-order valence-electron chi connectivity index (χ3n) is 3.40. The number of benzene rings is 2. The third kappa shape index (κ3) is 3.07. The van der Waals surface area contributed by atoms with E-state index in [1.165, 1.54) is 0 Å². The van der Waals surface area contributed by atoms with Crippen LogP contribution in [0.25, 0.3) is 10.9 Å². The molecule has 1 N–H and O–H groups in total. The molecule has 1 heterocycles. The van der Waals surface area contributed by atoms with E-state index in [1.54, 1.807) is 24.4 Å². The Morgan fingerprint density at radius 3 is 2.64 bits per heavy atom. The van der Waals surface area contributed by atoms with Crippen molar-refractivity contribution in [2.45, 2.75) is 13.0 Å². The Balaban J connectivity index is 1.90. The van der Waals surface area contributed by atoms with Crippen LogP contribution in [-0.4, -0.2) is 10.1 Å². The first-order valence-electron chi connectivity index (χ1n) is 6.87. The zero-order valence-corrected chi connectivity index (χ0v) is 12.7. The number of rotatable bonds is 3. The lowest BCUT2D eigenvalue weighted by molar-refractivity contribution is 0.475. The Hall–Kier alpha value is -2.46. The SMILES string of the molecule is CC(N=Nc1ccnc2cc(Cl)ccc12)c1ccc(O)cc1. The van der Waals surface area contributed by atoms with E-state index in [2.05, 4.69) is 15.2 Å². The molecule has 4 nitrogen and oxygen atoms in total. The molecule has 0 bridgehead atoms. The third-order valence-corrected chi connectivity index (χ3v) is 3.63. The molecular formula is C17H14ClN3O. The molecule has 0 aliphatic carbocycles. The first-order chi connectivity index (χ1) is 10.6. The fraction of sp³-hybridized carbons (Fsp3) is 0.118. The van der Waals surface area contributed by atoms with Gasteiger partial charge in [-0.25, -0.2) is 0 Å². The Morgan fingerprint density at radius 2 is 1.86 bits per heavy atom. The van der Waals surface area contributed by atoms with Crippen molar-refractivity contribution in [3.63, 3.8) is 0 Å². The van der Waals surface area contributed by atoms with Gasteiger partial charge in [0.2, 0.25) is 0 Å². The summed E-state index contributed by atoms with van der Waals surface area (Å²) in [5, 5.41) is 19.6. The predicted octanol–water partition coefficient (Wildman–Crippen LogP) is 5.44. The Labute approximate surface area is 133 Å². The van der Waals surface area contributed by atoms with Crippen LogP contribution in [0.2, 0.25) is 5.02 Å². The molecule has 0 aliphatic heterocycles. The van der Waals surface area contributed by atoms with Crippen LogP contribution in [0.5, 0.6) is 5.75 Å². The lowest BCUT2D eigenvalue weighted by Crippen LogP contribution is -1.87. The van der Waals surface area contributed by atoms with Crippen molar-refractivity contribution in [3.8, 4) is 5.75 Å². The van der Waals surface area contributed by atoms with Crippen molar-refractivity contribution in [2.24, 2.45) is 10.2 Å². The number of halogens is 1. The van der Waals surface area contributed by atoms with Gasteiger partial charge in [0.05, 0.1) is 17.2 Å². The van der Waals surface area contributed by atoms with Crippen molar-refractivity contribution in [1.29, 1.82) is 0 Å². The summed E-state index contributed by atoms with van der Waals surface area (Å²) < 4.78 is 0. The number of hydrogen-bond acceptors (Lipinski definition) is 4. The number of azo groups is 1. The molecule has 1 aromatic heterocycles. The molecular weight excluding hydrogens is 298 g/mol. The molecule has 22 heavy (non-hydrogen) atoms. The molecule has 0 spiro atoms. The summed E-state index contributed by atoms with van der Waals surface area (Å²) in [6.45, 7) is 1.95. The van der Waals surface area contributed by atoms with Gasteiger partial charge in [-0.05, 0) is 48.9 Å². The molecule has 0 aliphatic rings. The monoisotopic (exact) mass is 311 g/mol. The second-order valence-electron chi connectivity index (χ2n) is 4.97. The van der Waals surface area contributed by atoms with Crippen molar-refractivity contribution in [2.75, 3.05) is 0 Å². The summed E-state index contributed by atoms with van der Waals surface area (Å²) in [5.74, 6) is 0.241. The summed E-state index contributed by atoms with van der Waals surface area (Å²) in [7, 11) is 0. The standard InChI is InChI=1S/C17H14ClN3O/c1-11(12-2-5-14(22)6-3-12)20-21-16-8-9-19-17-10-13(18)4-7-15(16)17/h2-11,22H,1H3. The lowest BCUT2D eigenvalue weighted by atomic mass is 10.1. The lowest BCUT2D eigenvalue weighted by Gasteiger charge is -2.06. The van der Waals surface area contributed by atoms with Crippen LogP contribution in [0.1, 0.15) is 18.5 Å². The number of hydrogen-bond donors (Lipinski definition) is 1. The number of phenols is 1. The van der Waals surface area contributed by atoms with Gasteiger partial charge in [0.15, 0.2) is 0 Å². The van der Waals surface area contributed by atoms with Gasteiger partial charge in [0, 0.05) is 16.6 Å². The number of aromatic hydroxyl groups is 1. The highest BCUT2D eigenvalue weighted by molar-refractivity contribution is 6.31. The van der Waals surface area contributed by atoms with E-state index in [9.17, 15) is 5.11 Å². The van der Waals surface area contributed by atoms with Gasteiger partial charge in [-0.1, -0.05) is 23.7 Å². The molecule has 5 heteroatoms. The van der Waals surface area contributed by atoms with Crippen LogP contribution >= 0.6 is 11.6 Å². The summed E-state index contributed by atoms with van der Waals surface area (Å²) in [4.78, 5) is 4.28. The van der Waals surface area contributed by atoms with Crippen LogP contribution in [-0.2, 0) is 0 Å². The highest BCUT2D eigenvalue weighted by Gasteiger charge is 2.05. The molecule has 3 rings (SSSR count). The van der Waals surface area contributed by atoms with E-state index in [4.69, 9.17) is 11.6 Å². The smallest absolute Gasteiger partial charge is 0.115 e. The Morgan fingerprint density at radius 1 is 1.09 bits per heavy atom. The number of nitrogens with zero attached hydrogens (tertiary/aromatic N) is 3. The van der Waals surface area contributed by atoms with Crippen LogP contribution < -0.4 is 0 Å². The summed E-state index contributed by atoms with van der Waals surface area (Å²) in [6.07, 6.45) is 1.69. The Kier molecular flexibility index (Phi) is 4.02. The maximum Gasteiger partial charge on any atom is 0.115 e. The molecule has 1 atom stereocenters. The number of fused-ring (bicyclic) bond motifs is 1. The van der Waals surface area contributed by atoms with E-state index in [-0.39, 0.29) is 11.8 Å².